The van der Waals surface area contributed by atoms with Crippen molar-refractivity contribution in [3.8, 4) is 17.6 Å². The Labute approximate surface area is 124 Å². The van der Waals surface area contributed by atoms with Gasteiger partial charge in [0.15, 0.2) is 0 Å². The summed E-state index contributed by atoms with van der Waals surface area (Å²) in [7, 11) is 0. The largest absolute Gasteiger partial charge is 0.489 e. The number of hydrogen-bond acceptors (Lipinski definition) is 2. The summed E-state index contributed by atoms with van der Waals surface area (Å²) in [4.78, 5) is 0. The Hall–Kier alpha value is -2.31. The smallest absolute Gasteiger partial charge is 0.142 e. The van der Waals surface area contributed by atoms with Crippen LogP contribution in [0.4, 0.5) is 4.39 Å². The van der Waals surface area contributed by atoms with E-state index in [0.29, 0.717) is 12.4 Å². The lowest BCUT2D eigenvalue weighted by atomic mass is 10.0. The standard InChI is InChI=1S/C18H17FO2/c1-13-5-3-6-14(2)17(13)12-21-16-9-8-15(7-4-10-20)18(19)11-16/h3,5-6,8-9,11,20H,10,12H2,1-2H3. The van der Waals surface area contributed by atoms with Crippen molar-refractivity contribution in [3.63, 3.8) is 0 Å². The lowest BCUT2D eigenvalue weighted by molar-refractivity contribution is 0.303. The number of benzene rings is 2. The summed E-state index contributed by atoms with van der Waals surface area (Å²) < 4.78 is 19.5. The van der Waals surface area contributed by atoms with E-state index in [1.807, 2.05) is 32.0 Å². The normalized spacial score (nSPS) is 9.90. The first kappa shape index (κ1) is 15.1. The first-order chi connectivity index (χ1) is 10.1. The molecule has 0 amide bonds. The van der Waals surface area contributed by atoms with Crippen LogP contribution in [-0.2, 0) is 6.61 Å². The summed E-state index contributed by atoms with van der Waals surface area (Å²) in [5.74, 6) is 4.99. The molecule has 0 aliphatic rings. The molecule has 0 unspecified atom stereocenters. The van der Waals surface area contributed by atoms with Crippen molar-refractivity contribution in [1.29, 1.82) is 0 Å². The van der Waals surface area contributed by atoms with E-state index in [2.05, 4.69) is 11.8 Å². The Morgan fingerprint density at radius 2 is 1.86 bits per heavy atom. The molecule has 0 saturated heterocycles. The van der Waals surface area contributed by atoms with Gasteiger partial charge in [-0.3, -0.25) is 0 Å². The number of hydrogen-bond donors (Lipinski definition) is 1. The summed E-state index contributed by atoms with van der Waals surface area (Å²) in [5, 5.41) is 8.61. The first-order valence-corrected chi connectivity index (χ1v) is 6.69. The van der Waals surface area contributed by atoms with Crippen LogP contribution in [0.2, 0.25) is 0 Å². The van der Waals surface area contributed by atoms with Crippen molar-refractivity contribution in [2.24, 2.45) is 0 Å². The second-order valence-electron chi connectivity index (χ2n) is 4.76. The van der Waals surface area contributed by atoms with Crippen LogP contribution >= 0.6 is 0 Å². The van der Waals surface area contributed by atoms with Gasteiger partial charge in [-0.15, -0.1) is 0 Å². The summed E-state index contributed by atoms with van der Waals surface area (Å²) in [6, 6.07) is 10.6. The molecule has 0 heterocycles. The third kappa shape index (κ3) is 3.84. The predicted molar refractivity (Wildman–Crippen MR) is 80.6 cm³/mol. The highest BCUT2D eigenvalue weighted by Crippen LogP contribution is 2.20. The number of ether oxygens (including phenoxy) is 1. The molecule has 108 valence electrons. The van der Waals surface area contributed by atoms with Crippen molar-refractivity contribution < 1.29 is 14.2 Å². The van der Waals surface area contributed by atoms with Gasteiger partial charge in [0.1, 0.15) is 24.8 Å². The highest BCUT2D eigenvalue weighted by Gasteiger charge is 2.05. The van der Waals surface area contributed by atoms with Crippen LogP contribution in [-0.4, -0.2) is 11.7 Å². The number of aliphatic hydroxyl groups is 1. The van der Waals surface area contributed by atoms with Crippen LogP contribution in [0.25, 0.3) is 0 Å². The highest BCUT2D eigenvalue weighted by molar-refractivity contribution is 5.40. The molecule has 0 aromatic heterocycles. The lowest BCUT2D eigenvalue weighted by Crippen LogP contribution is -2.01. The Morgan fingerprint density at radius 3 is 2.48 bits per heavy atom. The van der Waals surface area contributed by atoms with Crippen LogP contribution in [0.5, 0.6) is 5.75 Å². The Bertz CT molecular complexity index is 676. The molecule has 0 aliphatic heterocycles. The van der Waals surface area contributed by atoms with Crippen LogP contribution in [0.1, 0.15) is 22.3 Å². The minimum atomic E-state index is -0.449. The van der Waals surface area contributed by atoms with Gasteiger partial charge < -0.3 is 9.84 Å². The monoisotopic (exact) mass is 284 g/mol. The fourth-order valence-electron chi connectivity index (χ4n) is 2.05. The summed E-state index contributed by atoms with van der Waals surface area (Å²) in [6.07, 6.45) is 0. The van der Waals surface area contributed by atoms with Gasteiger partial charge in [0.05, 0.1) is 5.56 Å². The zero-order chi connectivity index (χ0) is 15.2. The van der Waals surface area contributed by atoms with E-state index >= 15 is 0 Å². The number of aryl methyl sites for hydroxylation is 2. The summed E-state index contributed by atoms with van der Waals surface area (Å²) in [6.45, 7) is 4.17. The molecule has 2 rings (SSSR count). The molecule has 3 heteroatoms. The molecule has 0 bridgehead atoms. The molecule has 0 aliphatic carbocycles. The van der Waals surface area contributed by atoms with E-state index in [4.69, 9.17) is 9.84 Å². The van der Waals surface area contributed by atoms with Crippen molar-refractivity contribution in [2.75, 3.05) is 6.61 Å². The average Bonchev–Trinajstić information content (AvgIpc) is 2.46. The molecule has 2 aromatic rings. The molecule has 0 saturated carbocycles. The summed E-state index contributed by atoms with van der Waals surface area (Å²) >= 11 is 0. The van der Waals surface area contributed by atoms with Gasteiger partial charge in [-0.05, 0) is 42.7 Å². The zero-order valence-electron chi connectivity index (χ0n) is 12.1. The van der Waals surface area contributed by atoms with Gasteiger partial charge in [0.2, 0.25) is 0 Å². The maximum atomic E-state index is 13.8. The number of rotatable bonds is 3. The molecule has 0 fully saturated rings. The maximum absolute atomic E-state index is 13.8. The van der Waals surface area contributed by atoms with Crippen LogP contribution in [0, 0.1) is 31.5 Å². The summed E-state index contributed by atoms with van der Waals surface area (Å²) in [5.41, 5.74) is 3.67. The molecular formula is C18H17FO2. The van der Waals surface area contributed by atoms with Gasteiger partial charge in [0.25, 0.3) is 0 Å². The van der Waals surface area contributed by atoms with Crippen molar-refractivity contribution in [1.82, 2.24) is 0 Å². The van der Waals surface area contributed by atoms with Gasteiger partial charge in [-0.25, -0.2) is 4.39 Å². The molecule has 0 atom stereocenters. The van der Waals surface area contributed by atoms with Gasteiger partial charge in [-0.1, -0.05) is 30.0 Å². The SMILES string of the molecule is Cc1cccc(C)c1COc1ccc(C#CCO)c(F)c1. The van der Waals surface area contributed by atoms with E-state index < -0.39 is 5.82 Å². The number of aliphatic hydroxyl groups excluding tert-OH is 1. The second-order valence-corrected chi connectivity index (χ2v) is 4.76. The quantitative estimate of drug-likeness (QED) is 0.876. The Kier molecular flexibility index (Phi) is 4.97. The van der Waals surface area contributed by atoms with E-state index in [0.717, 1.165) is 16.7 Å². The molecular weight excluding hydrogens is 267 g/mol. The third-order valence-electron chi connectivity index (χ3n) is 3.27. The first-order valence-electron chi connectivity index (χ1n) is 6.69. The maximum Gasteiger partial charge on any atom is 0.142 e. The van der Waals surface area contributed by atoms with E-state index in [9.17, 15) is 4.39 Å². The van der Waals surface area contributed by atoms with Crippen molar-refractivity contribution in [2.45, 2.75) is 20.5 Å². The van der Waals surface area contributed by atoms with Gasteiger partial charge in [-0.2, -0.15) is 0 Å². The van der Waals surface area contributed by atoms with E-state index in [1.165, 1.54) is 6.07 Å². The second kappa shape index (κ2) is 6.92. The molecule has 1 N–H and O–H groups in total. The number of halogens is 1. The van der Waals surface area contributed by atoms with E-state index in [-0.39, 0.29) is 12.2 Å². The highest BCUT2D eigenvalue weighted by atomic mass is 19.1. The molecule has 2 aromatic carbocycles. The third-order valence-corrected chi connectivity index (χ3v) is 3.27. The molecule has 0 spiro atoms. The minimum absolute atomic E-state index is 0.253. The lowest BCUT2D eigenvalue weighted by Gasteiger charge is -2.11. The molecule has 0 radical (unpaired) electrons. The van der Waals surface area contributed by atoms with Crippen molar-refractivity contribution in [3.05, 3.63) is 64.5 Å². The van der Waals surface area contributed by atoms with Crippen LogP contribution in [0.3, 0.4) is 0 Å². The van der Waals surface area contributed by atoms with Crippen molar-refractivity contribution >= 4 is 0 Å². The van der Waals surface area contributed by atoms with Gasteiger partial charge in [0, 0.05) is 6.07 Å². The minimum Gasteiger partial charge on any atom is -0.489 e. The topological polar surface area (TPSA) is 29.5 Å². The Morgan fingerprint density at radius 1 is 1.14 bits per heavy atom. The average molecular weight is 284 g/mol. The molecule has 2 nitrogen and oxygen atoms in total. The fourth-order valence-corrected chi connectivity index (χ4v) is 2.05. The van der Waals surface area contributed by atoms with Crippen LogP contribution in [0.15, 0.2) is 36.4 Å². The predicted octanol–water partition coefficient (Wildman–Crippen LogP) is 3.37. The van der Waals surface area contributed by atoms with Gasteiger partial charge >= 0.3 is 0 Å². The Balaban J connectivity index is 2.12. The fraction of sp³-hybridized carbons (Fsp3) is 0.222. The molecule has 21 heavy (non-hydrogen) atoms. The van der Waals surface area contributed by atoms with E-state index in [1.54, 1.807) is 12.1 Å². The zero-order valence-corrected chi connectivity index (χ0v) is 12.1. The van der Waals surface area contributed by atoms with Crippen LogP contribution < -0.4 is 4.74 Å².